The summed E-state index contributed by atoms with van der Waals surface area (Å²) in [5, 5.41) is 0. The van der Waals surface area contributed by atoms with Gasteiger partial charge in [0, 0.05) is 18.2 Å². The lowest BCUT2D eigenvalue weighted by Crippen LogP contribution is -2.24. The van der Waals surface area contributed by atoms with E-state index in [1.165, 1.54) is 10.7 Å². The summed E-state index contributed by atoms with van der Waals surface area (Å²) in [6, 6.07) is 8.73. The monoisotopic (exact) mass is 405 g/mol. The van der Waals surface area contributed by atoms with E-state index in [-0.39, 0.29) is 17.2 Å². The van der Waals surface area contributed by atoms with Crippen molar-refractivity contribution in [2.45, 2.75) is 25.3 Å². The third kappa shape index (κ3) is 2.93. The molecule has 0 N–H and O–H groups in total. The van der Waals surface area contributed by atoms with Crippen molar-refractivity contribution in [2.75, 3.05) is 0 Å². The molecule has 3 aromatic rings. The Morgan fingerprint density at radius 1 is 1.20 bits per heavy atom. The smallest absolute Gasteiger partial charge is 0.274 e. The van der Waals surface area contributed by atoms with Gasteiger partial charge in [0.25, 0.3) is 5.56 Å². The Kier molecular flexibility index (Phi) is 4.03. The topological polar surface area (TPSA) is 39.8 Å². The first-order valence-corrected chi connectivity index (χ1v) is 8.72. The molecule has 0 amide bonds. The summed E-state index contributed by atoms with van der Waals surface area (Å²) in [4.78, 5) is 17.1. The molecular formula is C18H14BrF2N3O. The SMILES string of the molecule is O=c1c(Br)c(C2CC2)n(Cc2ccccn2)n1-c1ccc(F)cc1F. The maximum Gasteiger partial charge on any atom is 0.286 e. The van der Waals surface area contributed by atoms with Crippen molar-refractivity contribution in [3.8, 4) is 5.69 Å². The molecule has 1 aliphatic carbocycles. The van der Waals surface area contributed by atoms with Gasteiger partial charge in [0.15, 0.2) is 5.82 Å². The van der Waals surface area contributed by atoms with Gasteiger partial charge in [-0.05, 0) is 53.0 Å². The van der Waals surface area contributed by atoms with Gasteiger partial charge >= 0.3 is 0 Å². The normalized spacial score (nSPS) is 14.0. The zero-order chi connectivity index (χ0) is 17.6. The molecule has 4 nitrogen and oxygen atoms in total. The van der Waals surface area contributed by atoms with Crippen LogP contribution >= 0.6 is 15.9 Å². The summed E-state index contributed by atoms with van der Waals surface area (Å²) >= 11 is 3.37. The molecule has 1 aromatic carbocycles. The number of hydrogen-bond acceptors (Lipinski definition) is 2. The van der Waals surface area contributed by atoms with Crippen molar-refractivity contribution < 1.29 is 8.78 Å². The van der Waals surface area contributed by atoms with Gasteiger partial charge in [0.2, 0.25) is 0 Å². The van der Waals surface area contributed by atoms with E-state index in [9.17, 15) is 13.6 Å². The highest BCUT2D eigenvalue weighted by Crippen LogP contribution is 2.43. The third-order valence-electron chi connectivity index (χ3n) is 4.26. The second-order valence-electron chi connectivity index (χ2n) is 6.06. The average molecular weight is 406 g/mol. The van der Waals surface area contributed by atoms with Crippen LogP contribution in [0.5, 0.6) is 0 Å². The van der Waals surface area contributed by atoms with Crippen LogP contribution in [0.4, 0.5) is 8.78 Å². The Labute approximate surface area is 150 Å². The van der Waals surface area contributed by atoms with Crippen molar-refractivity contribution in [3.63, 3.8) is 0 Å². The van der Waals surface area contributed by atoms with E-state index in [0.717, 1.165) is 36.4 Å². The lowest BCUT2D eigenvalue weighted by Gasteiger charge is -2.15. The first-order valence-electron chi connectivity index (χ1n) is 7.93. The lowest BCUT2D eigenvalue weighted by molar-refractivity contribution is 0.524. The van der Waals surface area contributed by atoms with Gasteiger partial charge < -0.3 is 0 Å². The molecule has 0 unspecified atom stereocenters. The number of nitrogens with zero attached hydrogens (tertiary/aromatic N) is 3. The molecule has 0 bridgehead atoms. The number of hydrogen-bond donors (Lipinski definition) is 0. The number of rotatable bonds is 4. The standard InChI is InChI=1S/C18H14BrF2N3O/c19-16-17(11-4-5-11)23(10-13-3-1-2-8-22-13)24(18(16)25)15-7-6-12(20)9-14(15)21/h1-3,6-9,11H,4-5,10H2. The van der Waals surface area contributed by atoms with Gasteiger partial charge in [-0.2, -0.15) is 0 Å². The van der Waals surface area contributed by atoms with Crippen LogP contribution < -0.4 is 5.56 Å². The van der Waals surface area contributed by atoms with Crippen molar-refractivity contribution >= 4 is 15.9 Å². The Morgan fingerprint density at radius 2 is 2.00 bits per heavy atom. The molecule has 25 heavy (non-hydrogen) atoms. The van der Waals surface area contributed by atoms with Crippen LogP contribution in [0.3, 0.4) is 0 Å². The Hall–Kier alpha value is -2.28. The van der Waals surface area contributed by atoms with Crippen LogP contribution in [0.15, 0.2) is 51.9 Å². The third-order valence-corrected chi connectivity index (χ3v) is 5.01. The molecule has 0 radical (unpaired) electrons. The highest BCUT2D eigenvalue weighted by atomic mass is 79.9. The fraction of sp³-hybridized carbons (Fsp3) is 0.222. The number of benzene rings is 1. The number of halogens is 3. The Balaban J connectivity index is 1.94. The molecule has 0 atom stereocenters. The van der Waals surface area contributed by atoms with E-state index < -0.39 is 11.6 Å². The fourth-order valence-corrected chi connectivity index (χ4v) is 3.67. The average Bonchev–Trinajstić information content (AvgIpc) is 3.39. The second-order valence-corrected chi connectivity index (χ2v) is 6.86. The molecular weight excluding hydrogens is 392 g/mol. The second kappa shape index (κ2) is 6.22. The maximum atomic E-state index is 14.3. The highest BCUT2D eigenvalue weighted by Gasteiger charge is 2.33. The minimum atomic E-state index is -0.781. The zero-order valence-electron chi connectivity index (χ0n) is 13.1. The van der Waals surface area contributed by atoms with Crippen LogP contribution in [-0.4, -0.2) is 14.3 Å². The van der Waals surface area contributed by atoms with Crippen molar-refractivity contribution in [3.05, 3.63) is 80.4 Å². The summed E-state index contributed by atoms with van der Waals surface area (Å²) in [7, 11) is 0. The summed E-state index contributed by atoms with van der Waals surface area (Å²) in [6.07, 6.45) is 3.64. The molecule has 0 spiro atoms. The summed E-state index contributed by atoms with van der Waals surface area (Å²) < 4.78 is 31.1. The first-order chi connectivity index (χ1) is 12.1. The van der Waals surface area contributed by atoms with E-state index in [1.807, 2.05) is 18.2 Å². The summed E-state index contributed by atoms with van der Waals surface area (Å²) in [5.41, 5.74) is 1.25. The lowest BCUT2D eigenvalue weighted by atomic mass is 10.3. The molecule has 1 saturated carbocycles. The Bertz CT molecular complexity index is 994. The molecule has 2 heterocycles. The first kappa shape index (κ1) is 16.2. The van der Waals surface area contributed by atoms with Gasteiger partial charge in [0.1, 0.15) is 16.0 Å². The van der Waals surface area contributed by atoms with Crippen molar-refractivity contribution in [1.29, 1.82) is 0 Å². The van der Waals surface area contributed by atoms with E-state index in [4.69, 9.17) is 0 Å². The fourth-order valence-electron chi connectivity index (χ4n) is 2.97. The number of pyridine rings is 1. The van der Waals surface area contributed by atoms with Crippen LogP contribution in [0.25, 0.3) is 5.69 Å². The molecule has 128 valence electrons. The van der Waals surface area contributed by atoms with Crippen LogP contribution in [0.1, 0.15) is 30.1 Å². The highest BCUT2D eigenvalue weighted by molar-refractivity contribution is 9.10. The molecule has 0 saturated heterocycles. The zero-order valence-corrected chi connectivity index (χ0v) is 14.7. The largest absolute Gasteiger partial charge is 0.286 e. The minimum Gasteiger partial charge on any atom is -0.274 e. The van der Waals surface area contributed by atoms with E-state index in [2.05, 4.69) is 20.9 Å². The van der Waals surface area contributed by atoms with Crippen LogP contribution in [0, 0.1) is 11.6 Å². The predicted molar refractivity (Wildman–Crippen MR) is 93.0 cm³/mol. The van der Waals surface area contributed by atoms with E-state index in [0.29, 0.717) is 11.0 Å². The molecule has 4 rings (SSSR count). The molecule has 0 aliphatic heterocycles. The number of aromatic nitrogens is 3. The van der Waals surface area contributed by atoms with E-state index in [1.54, 1.807) is 10.9 Å². The van der Waals surface area contributed by atoms with Gasteiger partial charge in [0.05, 0.1) is 17.9 Å². The molecule has 2 aromatic heterocycles. The van der Waals surface area contributed by atoms with Crippen molar-refractivity contribution in [2.24, 2.45) is 0 Å². The van der Waals surface area contributed by atoms with Gasteiger partial charge in [-0.15, -0.1) is 0 Å². The molecule has 7 heteroatoms. The summed E-state index contributed by atoms with van der Waals surface area (Å²) in [6.45, 7) is 0.324. The quantitative estimate of drug-likeness (QED) is 0.657. The maximum absolute atomic E-state index is 14.3. The summed E-state index contributed by atoms with van der Waals surface area (Å²) in [5.74, 6) is -1.20. The van der Waals surface area contributed by atoms with Gasteiger partial charge in [-0.25, -0.2) is 13.5 Å². The minimum absolute atomic E-state index is 0.0231. The molecule has 1 fully saturated rings. The van der Waals surface area contributed by atoms with Crippen LogP contribution in [0.2, 0.25) is 0 Å². The van der Waals surface area contributed by atoms with Crippen LogP contribution in [-0.2, 0) is 6.54 Å². The molecule has 1 aliphatic rings. The predicted octanol–water partition coefficient (Wildman–Crippen LogP) is 4.00. The van der Waals surface area contributed by atoms with E-state index >= 15 is 0 Å². The Morgan fingerprint density at radius 3 is 2.64 bits per heavy atom. The van der Waals surface area contributed by atoms with Gasteiger partial charge in [-0.3, -0.25) is 14.5 Å². The van der Waals surface area contributed by atoms with Crippen molar-refractivity contribution in [1.82, 2.24) is 14.3 Å². The van der Waals surface area contributed by atoms with Gasteiger partial charge in [-0.1, -0.05) is 6.07 Å².